The largest absolute Gasteiger partial charge is 0.416 e. The van der Waals surface area contributed by atoms with Crippen LogP contribution in [0.2, 0.25) is 0 Å². The van der Waals surface area contributed by atoms with Crippen LogP contribution in [-0.2, 0) is 6.18 Å². The molecule has 24 heavy (non-hydrogen) atoms. The van der Waals surface area contributed by atoms with Gasteiger partial charge in [-0.2, -0.15) is 13.2 Å². The van der Waals surface area contributed by atoms with E-state index in [0.29, 0.717) is 23.8 Å². The molecule has 1 unspecified atom stereocenters. The zero-order chi connectivity index (χ0) is 17.9. The highest BCUT2D eigenvalue weighted by molar-refractivity contribution is 5.94. The predicted octanol–water partition coefficient (Wildman–Crippen LogP) is 3.45. The average Bonchev–Trinajstić information content (AvgIpc) is 2.52. The number of halogens is 5. The summed E-state index contributed by atoms with van der Waals surface area (Å²) in [6, 6.07) is 6.26. The number of carbonyl (C=O) groups is 1. The first kappa shape index (κ1) is 17.9. The van der Waals surface area contributed by atoms with Crippen molar-refractivity contribution in [3.8, 4) is 0 Å². The Hall–Kier alpha value is -2.48. The fourth-order valence-corrected chi connectivity index (χ4v) is 1.96. The monoisotopic (exact) mass is 345 g/mol. The molecule has 2 aromatic carbocycles. The van der Waals surface area contributed by atoms with Gasteiger partial charge in [0.1, 0.15) is 11.6 Å². The van der Waals surface area contributed by atoms with Crippen LogP contribution in [0.5, 0.6) is 0 Å². The summed E-state index contributed by atoms with van der Waals surface area (Å²) in [6.07, 6.45) is -5.93. The van der Waals surface area contributed by atoms with Crippen LogP contribution >= 0.6 is 0 Å². The van der Waals surface area contributed by atoms with Gasteiger partial charge in [0.25, 0.3) is 5.91 Å². The van der Waals surface area contributed by atoms with Crippen molar-refractivity contribution in [1.29, 1.82) is 0 Å². The molecule has 1 amide bonds. The van der Waals surface area contributed by atoms with Crippen LogP contribution in [0.1, 0.15) is 27.6 Å². The van der Waals surface area contributed by atoms with Gasteiger partial charge in [0.05, 0.1) is 17.2 Å². The third kappa shape index (κ3) is 4.29. The number of hydrogen-bond acceptors (Lipinski definition) is 2. The summed E-state index contributed by atoms with van der Waals surface area (Å²) in [6.45, 7) is -0.375. The molecular formula is C16H12F5NO2. The minimum atomic E-state index is -4.71. The molecule has 0 aliphatic heterocycles. The van der Waals surface area contributed by atoms with E-state index in [1.165, 1.54) is 12.1 Å². The maximum Gasteiger partial charge on any atom is 0.416 e. The Kier molecular flexibility index (Phi) is 5.18. The lowest BCUT2D eigenvalue weighted by atomic mass is 10.1. The molecule has 0 aliphatic rings. The summed E-state index contributed by atoms with van der Waals surface area (Å²) in [5.41, 5.74) is -1.65. The molecule has 0 fully saturated rings. The van der Waals surface area contributed by atoms with Gasteiger partial charge >= 0.3 is 6.18 Å². The Labute approximate surface area is 133 Å². The standard InChI is InChI=1S/C16H12F5NO2/c17-11-4-1-9(2-5-11)14(23)8-22-15(24)12-7-10(16(19,20)21)3-6-13(12)18/h1-7,14,23H,8H2,(H,22,24). The van der Waals surface area contributed by atoms with Crippen molar-refractivity contribution < 1.29 is 31.9 Å². The number of aliphatic hydroxyl groups excluding tert-OH is 1. The van der Waals surface area contributed by atoms with Crippen LogP contribution in [0.25, 0.3) is 0 Å². The van der Waals surface area contributed by atoms with E-state index in [0.717, 1.165) is 12.1 Å². The van der Waals surface area contributed by atoms with Crippen molar-refractivity contribution in [2.45, 2.75) is 12.3 Å². The number of hydrogen-bond donors (Lipinski definition) is 2. The molecule has 0 bridgehead atoms. The lowest BCUT2D eigenvalue weighted by molar-refractivity contribution is -0.137. The van der Waals surface area contributed by atoms with Gasteiger partial charge in [-0.05, 0) is 35.9 Å². The van der Waals surface area contributed by atoms with Crippen LogP contribution in [0.15, 0.2) is 42.5 Å². The van der Waals surface area contributed by atoms with E-state index in [1.54, 1.807) is 0 Å². The molecule has 0 radical (unpaired) electrons. The Morgan fingerprint density at radius 2 is 1.71 bits per heavy atom. The second-order valence-electron chi connectivity index (χ2n) is 4.97. The SMILES string of the molecule is O=C(NCC(O)c1ccc(F)cc1)c1cc(C(F)(F)F)ccc1F. The molecule has 0 aromatic heterocycles. The van der Waals surface area contributed by atoms with E-state index in [4.69, 9.17) is 0 Å². The molecule has 0 spiro atoms. The molecular weight excluding hydrogens is 333 g/mol. The van der Waals surface area contributed by atoms with Crippen LogP contribution in [0.3, 0.4) is 0 Å². The summed E-state index contributed by atoms with van der Waals surface area (Å²) in [7, 11) is 0. The lowest BCUT2D eigenvalue weighted by Gasteiger charge is -2.13. The summed E-state index contributed by atoms with van der Waals surface area (Å²) in [5.74, 6) is -2.72. The van der Waals surface area contributed by atoms with Crippen molar-refractivity contribution >= 4 is 5.91 Å². The highest BCUT2D eigenvalue weighted by Crippen LogP contribution is 2.30. The maximum atomic E-state index is 13.6. The fourth-order valence-electron chi connectivity index (χ4n) is 1.96. The molecule has 0 heterocycles. The first-order valence-electron chi connectivity index (χ1n) is 6.77. The third-order valence-corrected chi connectivity index (χ3v) is 3.25. The number of aliphatic hydroxyl groups is 1. The molecule has 2 N–H and O–H groups in total. The summed E-state index contributed by atoms with van der Waals surface area (Å²) >= 11 is 0. The molecule has 128 valence electrons. The molecule has 0 aliphatic carbocycles. The molecule has 1 atom stereocenters. The van der Waals surface area contributed by atoms with E-state index >= 15 is 0 Å². The summed E-state index contributed by atoms with van der Waals surface area (Å²) < 4.78 is 64.2. The van der Waals surface area contributed by atoms with Crippen LogP contribution < -0.4 is 5.32 Å². The number of nitrogens with one attached hydrogen (secondary N) is 1. The number of alkyl halides is 3. The highest BCUT2D eigenvalue weighted by Gasteiger charge is 2.32. The normalized spacial score (nSPS) is 12.8. The van der Waals surface area contributed by atoms with Gasteiger partial charge in [0.15, 0.2) is 0 Å². The smallest absolute Gasteiger partial charge is 0.387 e. The minimum absolute atomic E-state index is 0.293. The van der Waals surface area contributed by atoms with Gasteiger partial charge in [-0.15, -0.1) is 0 Å². The van der Waals surface area contributed by atoms with E-state index in [1.807, 2.05) is 0 Å². The second kappa shape index (κ2) is 6.96. The first-order chi connectivity index (χ1) is 11.2. The molecule has 0 saturated heterocycles. The van der Waals surface area contributed by atoms with E-state index in [9.17, 15) is 31.9 Å². The van der Waals surface area contributed by atoms with Crippen LogP contribution in [0, 0.1) is 11.6 Å². The number of carbonyl (C=O) groups excluding carboxylic acids is 1. The number of rotatable bonds is 4. The zero-order valence-electron chi connectivity index (χ0n) is 12.1. The molecule has 3 nitrogen and oxygen atoms in total. The Bertz CT molecular complexity index is 728. The third-order valence-electron chi connectivity index (χ3n) is 3.25. The van der Waals surface area contributed by atoms with E-state index < -0.39 is 40.9 Å². The molecule has 0 saturated carbocycles. The van der Waals surface area contributed by atoms with Crippen molar-refractivity contribution in [1.82, 2.24) is 5.32 Å². The first-order valence-corrected chi connectivity index (χ1v) is 6.77. The van der Waals surface area contributed by atoms with E-state index in [-0.39, 0.29) is 6.54 Å². The van der Waals surface area contributed by atoms with Gasteiger partial charge in [0, 0.05) is 6.54 Å². The van der Waals surface area contributed by atoms with Crippen LogP contribution in [0.4, 0.5) is 22.0 Å². The Morgan fingerprint density at radius 1 is 1.08 bits per heavy atom. The van der Waals surface area contributed by atoms with Gasteiger partial charge in [-0.25, -0.2) is 8.78 Å². The van der Waals surface area contributed by atoms with Crippen LogP contribution in [-0.4, -0.2) is 17.6 Å². The minimum Gasteiger partial charge on any atom is -0.387 e. The molecule has 8 heteroatoms. The predicted molar refractivity (Wildman–Crippen MR) is 75.1 cm³/mol. The van der Waals surface area contributed by atoms with Crippen molar-refractivity contribution in [3.05, 3.63) is 70.8 Å². The second-order valence-corrected chi connectivity index (χ2v) is 4.97. The molecule has 2 rings (SSSR count). The van der Waals surface area contributed by atoms with E-state index in [2.05, 4.69) is 5.32 Å². The quantitative estimate of drug-likeness (QED) is 0.834. The fraction of sp³-hybridized carbons (Fsp3) is 0.188. The Morgan fingerprint density at radius 3 is 2.29 bits per heavy atom. The Balaban J connectivity index is 2.08. The van der Waals surface area contributed by atoms with Crippen molar-refractivity contribution in [2.24, 2.45) is 0 Å². The lowest BCUT2D eigenvalue weighted by Crippen LogP contribution is -2.29. The van der Waals surface area contributed by atoms with Crippen molar-refractivity contribution in [2.75, 3.05) is 6.54 Å². The van der Waals surface area contributed by atoms with Gasteiger partial charge in [-0.3, -0.25) is 4.79 Å². The van der Waals surface area contributed by atoms with Gasteiger partial charge < -0.3 is 10.4 Å². The number of amides is 1. The zero-order valence-corrected chi connectivity index (χ0v) is 12.1. The average molecular weight is 345 g/mol. The van der Waals surface area contributed by atoms with Gasteiger partial charge in [0.2, 0.25) is 0 Å². The number of benzene rings is 2. The maximum absolute atomic E-state index is 13.6. The van der Waals surface area contributed by atoms with Crippen molar-refractivity contribution in [3.63, 3.8) is 0 Å². The summed E-state index contributed by atoms with van der Waals surface area (Å²) in [5, 5.41) is 12.0. The highest BCUT2D eigenvalue weighted by atomic mass is 19.4. The van der Waals surface area contributed by atoms with Gasteiger partial charge in [-0.1, -0.05) is 12.1 Å². The molecule has 2 aromatic rings. The summed E-state index contributed by atoms with van der Waals surface area (Å²) in [4.78, 5) is 11.8. The topological polar surface area (TPSA) is 49.3 Å².